The minimum Gasteiger partial charge on any atom is -0.368 e. The summed E-state index contributed by atoms with van der Waals surface area (Å²) in [5, 5.41) is 0.120. The highest BCUT2D eigenvalue weighted by molar-refractivity contribution is 7.99. The van der Waals surface area contributed by atoms with Crippen molar-refractivity contribution in [3.8, 4) is 0 Å². The van der Waals surface area contributed by atoms with Gasteiger partial charge in [0.15, 0.2) is 10.8 Å². The van der Waals surface area contributed by atoms with Gasteiger partial charge in [0, 0.05) is 0 Å². The van der Waals surface area contributed by atoms with Crippen molar-refractivity contribution in [2.24, 2.45) is 0 Å². The van der Waals surface area contributed by atoms with Crippen LogP contribution in [0, 0.1) is 0 Å². The van der Waals surface area contributed by atoms with Gasteiger partial charge in [-0.15, -0.1) is 0 Å². The van der Waals surface area contributed by atoms with E-state index < -0.39 is 9.71 Å². The third-order valence-electron chi connectivity index (χ3n) is 2.77. The van der Waals surface area contributed by atoms with E-state index in [9.17, 15) is 4.21 Å². The lowest BCUT2D eigenvalue weighted by molar-refractivity contribution is 0.676. The van der Waals surface area contributed by atoms with Crippen LogP contribution in [-0.4, -0.2) is 29.0 Å². The number of rotatable bonds is 2. The summed E-state index contributed by atoms with van der Waals surface area (Å²) in [6, 6.07) is 8.87. The molecule has 0 bridgehead atoms. The monoisotopic (exact) mass is 307 g/mol. The predicted octanol–water partition coefficient (Wildman–Crippen LogP) is 1.60. The fourth-order valence-corrected chi connectivity index (χ4v) is 3.46. The number of hydrogen-bond acceptors (Lipinski definition) is 5. The average molecular weight is 308 g/mol. The molecule has 3 aromatic rings. The molecule has 0 amide bonds. The van der Waals surface area contributed by atoms with Crippen molar-refractivity contribution in [1.29, 1.82) is 0 Å². The molecule has 2 heterocycles. The molecule has 1 unspecified atom stereocenters. The van der Waals surface area contributed by atoms with E-state index in [-0.39, 0.29) is 11.1 Å². The maximum absolute atomic E-state index is 13.0. The van der Waals surface area contributed by atoms with Gasteiger partial charge in [-0.2, -0.15) is 9.97 Å². The van der Waals surface area contributed by atoms with Crippen molar-refractivity contribution in [2.45, 2.75) is 4.90 Å². The van der Waals surface area contributed by atoms with Crippen molar-refractivity contribution >= 4 is 44.3 Å². The van der Waals surface area contributed by atoms with Gasteiger partial charge in [0.25, 0.3) is 0 Å². The first-order valence-electron chi connectivity index (χ1n) is 5.59. The lowest BCUT2D eigenvalue weighted by Gasteiger charge is -2.11. The van der Waals surface area contributed by atoms with Gasteiger partial charge in [-0.3, -0.25) is 0 Å². The molecule has 0 aliphatic rings. The summed E-state index contributed by atoms with van der Waals surface area (Å²) in [7, 11) is -2.81. The van der Waals surface area contributed by atoms with E-state index in [4.69, 9.17) is 17.3 Å². The third-order valence-corrected chi connectivity index (χ3v) is 4.95. The number of anilines is 1. The predicted molar refractivity (Wildman–Crippen MR) is 80.1 cm³/mol. The number of imidazole rings is 1. The molecule has 8 heteroatoms. The first kappa shape index (κ1) is 12.9. The number of aromatic nitrogens is 4. The number of fused-ring (bicyclic) bond motifs is 1. The SMILES string of the molecule is C=S(=O)(c1ccccc1)n1cnc2c(Cl)nc(N)nc21. The maximum atomic E-state index is 13.0. The second-order valence-corrected chi connectivity index (χ2v) is 6.57. The summed E-state index contributed by atoms with van der Waals surface area (Å²) in [6.45, 7) is 0. The Morgan fingerprint density at radius 1 is 1.25 bits per heavy atom. The molecule has 3 rings (SSSR count). The van der Waals surface area contributed by atoms with E-state index in [0.29, 0.717) is 16.1 Å². The Bertz CT molecular complexity index is 889. The highest BCUT2D eigenvalue weighted by Crippen LogP contribution is 2.23. The van der Waals surface area contributed by atoms with Crippen LogP contribution < -0.4 is 5.73 Å². The molecule has 0 aliphatic heterocycles. The Morgan fingerprint density at radius 2 is 1.95 bits per heavy atom. The second kappa shape index (κ2) is 4.46. The molecule has 0 saturated heterocycles. The molecule has 0 radical (unpaired) electrons. The summed E-state index contributed by atoms with van der Waals surface area (Å²) in [6.07, 6.45) is 1.38. The number of hydrogen-bond donors (Lipinski definition) is 1. The summed E-state index contributed by atoms with van der Waals surface area (Å²) >= 11 is 5.95. The van der Waals surface area contributed by atoms with Crippen molar-refractivity contribution < 1.29 is 4.21 Å². The molecule has 0 saturated carbocycles. The Labute approximate surface area is 120 Å². The van der Waals surface area contributed by atoms with Crippen LogP contribution in [0.2, 0.25) is 5.15 Å². The van der Waals surface area contributed by atoms with Crippen LogP contribution in [0.15, 0.2) is 41.6 Å². The van der Waals surface area contributed by atoms with E-state index in [1.807, 2.05) is 6.07 Å². The highest BCUT2D eigenvalue weighted by atomic mass is 35.5. The Hall–Kier alpha value is -2.12. The average Bonchev–Trinajstić information content (AvgIpc) is 2.84. The summed E-state index contributed by atoms with van der Waals surface area (Å²) in [5.74, 6) is 3.79. The Morgan fingerprint density at radius 3 is 2.65 bits per heavy atom. The van der Waals surface area contributed by atoms with Crippen molar-refractivity contribution in [1.82, 2.24) is 18.9 Å². The van der Waals surface area contributed by atoms with Crippen molar-refractivity contribution in [3.05, 3.63) is 41.8 Å². The summed E-state index contributed by atoms with van der Waals surface area (Å²) in [5.41, 5.74) is 6.21. The fraction of sp³-hybridized carbons (Fsp3) is 0. The number of halogens is 1. The molecule has 6 nitrogen and oxygen atoms in total. The van der Waals surface area contributed by atoms with E-state index in [0.717, 1.165) is 0 Å². The molecule has 20 heavy (non-hydrogen) atoms. The molecular formula is C12H10ClN5OS. The molecule has 102 valence electrons. The van der Waals surface area contributed by atoms with E-state index in [2.05, 4.69) is 20.8 Å². The minimum absolute atomic E-state index is 0.00693. The van der Waals surface area contributed by atoms with Crippen LogP contribution in [0.4, 0.5) is 5.95 Å². The molecule has 0 spiro atoms. The normalized spacial score (nSPS) is 14.2. The maximum Gasteiger partial charge on any atom is 0.223 e. The van der Waals surface area contributed by atoms with E-state index in [1.54, 1.807) is 24.3 Å². The lowest BCUT2D eigenvalue weighted by atomic mass is 10.4. The molecule has 2 aromatic heterocycles. The summed E-state index contributed by atoms with van der Waals surface area (Å²) < 4.78 is 14.3. The lowest BCUT2D eigenvalue weighted by Crippen LogP contribution is -2.12. The molecule has 1 atom stereocenters. The second-order valence-electron chi connectivity index (χ2n) is 4.07. The van der Waals surface area contributed by atoms with E-state index in [1.165, 1.54) is 10.3 Å². The van der Waals surface area contributed by atoms with Gasteiger partial charge in [0.1, 0.15) is 11.8 Å². The Kier molecular flexibility index (Phi) is 2.88. The van der Waals surface area contributed by atoms with Crippen LogP contribution in [0.25, 0.3) is 11.2 Å². The van der Waals surface area contributed by atoms with Gasteiger partial charge in [-0.25, -0.2) is 13.2 Å². The van der Waals surface area contributed by atoms with Gasteiger partial charge in [-0.1, -0.05) is 29.8 Å². The van der Waals surface area contributed by atoms with Gasteiger partial charge in [-0.05, 0) is 18.0 Å². The van der Waals surface area contributed by atoms with Crippen molar-refractivity contribution in [3.63, 3.8) is 0 Å². The quantitative estimate of drug-likeness (QED) is 0.574. The molecular weight excluding hydrogens is 298 g/mol. The van der Waals surface area contributed by atoms with Crippen LogP contribution in [0.1, 0.15) is 0 Å². The Balaban J connectivity index is 2.31. The molecule has 0 aliphatic carbocycles. The third kappa shape index (κ3) is 1.91. The first-order chi connectivity index (χ1) is 9.50. The van der Waals surface area contributed by atoms with E-state index >= 15 is 0 Å². The molecule has 0 fully saturated rings. The van der Waals surface area contributed by atoms with Crippen LogP contribution in [0.5, 0.6) is 0 Å². The summed E-state index contributed by atoms with van der Waals surface area (Å²) in [4.78, 5) is 12.5. The number of nitrogens with two attached hydrogens (primary N) is 1. The van der Waals surface area contributed by atoms with Crippen LogP contribution in [0.3, 0.4) is 0 Å². The molecule has 1 aromatic carbocycles. The number of benzene rings is 1. The zero-order chi connectivity index (χ0) is 14.3. The zero-order valence-corrected chi connectivity index (χ0v) is 11.8. The van der Waals surface area contributed by atoms with Gasteiger partial charge in [0.2, 0.25) is 5.95 Å². The van der Waals surface area contributed by atoms with Gasteiger partial charge < -0.3 is 5.73 Å². The number of nitrogen functional groups attached to an aromatic ring is 1. The van der Waals surface area contributed by atoms with Crippen LogP contribution >= 0.6 is 11.6 Å². The standard InChI is InChI=1S/C12H10ClN5OS/c1-20(19,8-5-3-2-4-6-8)18-7-15-9-10(13)16-12(14)17-11(9)18/h2-7H,1H2,(H2,14,16,17). The van der Waals surface area contributed by atoms with Crippen LogP contribution in [-0.2, 0) is 9.71 Å². The minimum atomic E-state index is -2.81. The fourth-order valence-electron chi connectivity index (χ4n) is 1.82. The van der Waals surface area contributed by atoms with Gasteiger partial charge >= 0.3 is 0 Å². The zero-order valence-electron chi connectivity index (χ0n) is 10.2. The number of nitrogens with zero attached hydrogens (tertiary/aromatic N) is 4. The molecule has 2 N–H and O–H groups in total. The smallest absolute Gasteiger partial charge is 0.223 e. The first-order valence-corrected chi connectivity index (χ1v) is 7.65. The van der Waals surface area contributed by atoms with Gasteiger partial charge in [0.05, 0.1) is 14.6 Å². The highest BCUT2D eigenvalue weighted by Gasteiger charge is 2.17. The topological polar surface area (TPSA) is 86.7 Å². The largest absolute Gasteiger partial charge is 0.368 e. The van der Waals surface area contributed by atoms with Crippen molar-refractivity contribution in [2.75, 3.05) is 5.73 Å².